The van der Waals surface area contributed by atoms with Crippen molar-refractivity contribution in [3.05, 3.63) is 34.1 Å². The number of benzene rings is 1. The molecule has 0 spiro atoms. The van der Waals surface area contributed by atoms with E-state index in [-0.39, 0.29) is 6.23 Å². The topological polar surface area (TPSA) is 55.6 Å². The summed E-state index contributed by atoms with van der Waals surface area (Å²) in [6.45, 7) is 7.66. The normalized spacial score (nSPS) is 12.5. The van der Waals surface area contributed by atoms with Gasteiger partial charge in [0.25, 0.3) is 0 Å². The molecule has 0 N–H and O–H groups in total. The molecule has 0 aliphatic carbocycles. The van der Waals surface area contributed by atoms with Gasteiger partial charge in [-0.2, -0.15) is 4.39 Å². The van der Waals surface area contributed by atoms with E-state index >= 15 is 0 Å². The molecule has 0 saturated heterocycles. The second-order valence-corrected chi connectivity index (χ2v) is 4.07. The molecule has 19 heavy (non-hydrogen) atoms. The highest BCUT2D eigenvalue weighted by Gasteiger charge is 2.18. The van der Waals surface area contributed by atoms with Gasteiger partial charge in [-0.15, -0.1) is 0 Å². The maximum absolute atomic E-state index is 13.5. The average molecular weight is 270 g/mol. The quantitative estimate of drug-likeness (QED) is 0.434. The SMILES string of the molecule is CCC(Oc1ccc([N+](=O)[O-])c(F)c1)N(CC)CC. The monoisotopic (exact) mass is 270 g/mol. The zero-order chi connectivity index (χ0) is 14.4. The molecule has 0 aromatic heterocycles. The molecule has 0 aliphatic rings. The van der Waals surface area contributed by atoms with E-state index < -0.39 is 16.4 Å². The lowest BCUT2D eigenvalue weighted by molar-refractivity contribution is -0.387. The van der Waals surface area contributed by atoms with Crippen LogP contribution in [-0.4, -0.2) is 29.1 Å². The van der Waals surface area contributed by atoms with Gasteiger partial charge in [0.2, 0.25) is 5.82 Å². The van der Waals surface area contributed by atoms with Gasteiger partial charge < -0.3 is 4.74 Å². The highest BCUT2D eigenvalue weighted by atomic mass is 19.1. The Bertz CT molecular complexity index is 436. The van der Waals surface area contributed by atoms with Gasteiger partial charge >= 0.3 is 5.69 Å². The highest BCUT2D eigenvalue weighted by Crippen LogP contribution is 2.24. The van der Waals surface area contributed by atoms with E-state index in [2.05, 4.69) is 4.90 Å². The number of hydrogen-bond donors (Lipinski definition) is 0. The van der Waals surface area contributed by atoms with Crippen LogP contribution in [0.1, 0.15) is 27.2 Å². The fourth-order valence-corrected chi connectivity index (χ4v) is 1.91. The molecular weight excluding hydrogens is 251 g/mol. The molecule has 0 heterocycles. The van der Waals surface area contributed by atoms with Gasteiger partial charge in [-0.05, 0) is 25.6 Å². The van der Waals surface area contributed by atoms with E-state index in [1.54, 1.807) is 0 Å². The van der Waals surface area contributed by atoms with Crippen LogP contribution in [-0.2, 0) is 0 Å². The van der Waals surface area contributed by atoms with Crippen molar-refractivity contribution < 1.29 is 14.1 Å². The number of nitro groups is 1. The fourth-order valence-electron chi connectivity index (χ4n) is 1.91. The van der Waals surface area contributed by atoms with Crippen molar-refractivity contribution in [1.82, 2.24) is 4.90 Å². The first kappa shape index (κ1) is 15.4. The minimum atomic E-state index is -0.878. The molecule has 0 radical (unpaired) electrons. The Morgan fingerprint density at radius 3 is 2.42 bits per heavy atom. The molecule has 5 nitrogen and oxygen atoms in total. The van der Waals surface area contributed by atoms with E-state index in [1.807, 2.05) is 20.8 Å². The molecule has 0 fully saturated rings. The molecular formula is C13H19FN2O3. The molecule has 1 atom stereocenters. The second kappa shape index (κ2) is 7.04. The standard InChI is InChI=1S/C13H19FN2O3/c1-4-13(15(5-2)6-3)19-10-7-8-12(16(17)18)11(14)9-10/h7-9,13H,4-6H2,1-3H3. The molecule has 106 valence electrons. The van der Waals surface area contributed by atoms with E-state index in [0.717, 1.165) is 31.6 Å². The zero-order valence-electron chi connectivity index (χ0n) is 11.4. The zero-order valence-corrected chi connectivity index (χ0v) is 11.4. The molecule has 0 bridgehead atoms. The molecule has 6 heteroatoms. The lowest BCUT2D eigenvalue weighted by Gasteiger charge is -2.29. The Morgan fingerprint density at radius 1 is 1.37 bits per heavy atom. The van der Waals surface area contributed by atoms with Crippen LogP contribution in [0, 0.1) is 15.9 Å². The van der Waals surface area contributed by atoms with Crippen molar-refractivity contribution in [1.29, 1.82) is 0 Å². The molecule has 0 amide bonds. The summed E-state index contributed by atoms with van der Waals surface area (Å²) in [5.41, 5.74) is -0.539. The van der Waals surface area contributed by atoms with Crippen LogP contribution in [0.4, 0.5) is 10.1 Å². The Balaban J connectivity index is 2.86. The highest BCUT2D eigenvalue weighted by molar-refractivity contribution is 5.38. The lowest BCUT2D eigenvalue weighted by Crippen LogP contribution is -2.38. The predicted octanol–water partition coefficient (Wildman–Crippen LogP) is 3.19. The van der Waals surface area contributed by atoms with E-state index in [4.69, 9.17) is 4.74 Å². The Morgan fingerprint density at radius 2 is 2.00 bits per heavy atom. The van der Waals surface area contributed by atoms with Crippen LogP contribution in [0.15, 0.2) is 18.2 Å². The third-order valence-corrected chi connectivity index (χ3v) is 2.96. The summed E-state index contributed by atoms with van der Waals surface area (Å²) in [7, 11) is 0. The average Bonchev–Trinajstić information content (AvgIpc) is 2.38. The van der Waals surface area contributed by atoms with E-state index in [0.29, 0.717) is 5.75 Å². The van der Waals surface area contributed by atoms with Gasteiger partial charge in [-0.25, -0.2) is 0 Å². The van der Waals surface area contributed by atoms with Gasteiger partial charge in [-0.3, -0.25) is 15.0 Å². The lowest BCUT2D eigenvalue weighted by atomic mass is 10.3. The van der Waals surface area contributed by atoms with Crippen LogP contribution in [0.3, 0.4) is 0 Å². The van der Waals surface area contributed by atoms with Crippen molar-refractivity contribution in [2.75, 3.05) is 13.1 Å². The maximum Gasteiger partial charge on any atom is 0.305 e. The number of ether oxygens (including phenoxy) is 1. The smallest absolute Gasteiger partial charge is 0.305 e. The Hall–Kier alpha value is -1.69. The predicted molar refractivity (Wildman–Crippen MR) is 70.7 cm³/mol. The maximum atomic E-state index is 13.5. The summed E-state index contributed by atoms with van der Waals surface area (Å²) in [5, 5.41) is 10.5. The second-order valence-electron chi connectivity index (χ2n) is 4.07. The number of hydrogen-bond acceptors (Lipinski definition) is 4. The molecule has 0 aliphatic heterocycles. The number of nitrogens with zero attached hydrogens (tertiary/aromatic N) is 2. The van der Waals surface area contributed by atoms with Crippen LogP contribution < -0.4 is 4.74 Å². The molecule has 1 aromatic carbocycles. The number of halogens is 1. The summed E-state index contributed by atoms with van der Waals surface area (Å²) in [6.07, 6.45) is 0.594. The molecule has 1 unspecified atom stereocenters. The first-order valence-electron chi connectivity index (χ1n) is 6.38. The van der Waals surface area contributed by atoms with Crippen molar-refractivity contribution >= 4 is 5.69 Å². The van der Waals surface area contributed by atoms with Crippen LogP contribution in [0.25, 0.3) is 0 Å². The summed E-state index contributed by atoms with van der Waals surface area (Å²) in [6, 6.07) is 3.61. The first-order chi connectivity index (χ1) is 9.03. The van der Waals surface area contributed by atoms with E-state index in [9.17, 15) is 14.5 Å². The van der Waals surface area contributed by atoms with Gasteiger partial charge in [0.15, 0.2) is 6.23 Å². The van der Waals surface area contributed by atoms with Crippen LogP contribution in [0.2, 0.25) is 0 Å². The molecule has 1 rings (SSSR count). The minimum Gasteiger partial charge on any atom is -0.475 e. The third-order valence-electron chi connectivity index (χ3n) is 2.96. The summed E-state index contributed by atoms with van der Waals surface area (Å²) in [4.78, 5) is 11.9. The number of rotatable bonds is 7. The summed E-state index contributed by atoms with van der Waals surface area (Å²) >= 11 is 0. The fraction of sp³-hybridized carbons (Fsp3) is 0.538. The van der Waals surface area contributed by atoms with Gasteiger partial charge in [0, 0.05) is 12.1 Å². The number of nitro benzene ring substituents is 1. The van der Waals surface area contributed by atoms with Crippen molar-refractivity contribution in [2.24, 2.45) is 0 Å². The molecule has 1 aromatic rings. The van der Waals surface area contributed by atoms with Gasteiger partial charge in [0.1, 0.15) is 5.75 Å². The Labute approximate surface area is 112 Å². The Kier molecular flexibility index (Phi) is 5.69. The summed E-state index contributed by atoms with van der Waals surface area (Å²) in [5.74, 6) is -0.571. The first-order valence-corrected chi connectivity index (χ1v) is 6.38. The van der Waals surface area contributed by atoms with E-state index in [1.165, 1.54) is 6.07 Å². The van der Waals surface area contributed by atoms with Gasteiger partial charge in [-0.1, -0.05) is 20.8 Å². The van der Waals surface area contributed by atoms with Crippen molar-refractivity contribution in [2.45, 2.75) is 33.4 Å². The van der Waals surface area contributed by atoms with Crippen molar-refractivity contribution in [3.8, 4) is 5.75 Å². The molecule has 0 saturated carbocycles. The van der Waals surface area contributed by atoms with Crippen LogP contribution in [0.5, 0.6) is 5.75 Å². The van der Waals surface area contributed by atoms with Gasteiger partial charge in [0.05, 0.1) is 4.92 Å². The van der Waals surface area contributed by atoms with Crippen LogP contribution >= 0.6 is 0 Å². The largest absolute Gasteiger partial charge is 0.475 e. The minimum absolute atomic E-state index is 0.157. The third kappa shape index (κ3) is 3.89. The summed E-state index contributed by atoms with van der Waals surface area (Å²) < 4.78 is 19.2. The van der Waals surface area contributed by atoms with Crippen molar-refractivity contribution in [3.63, 3.8) is 0 Å².